The number of hydrogen-bond donors (Lipinski definition) is 2. The predicted octanol–water partition coefficient (Wildman–Crippen LogP) is 8.75. The molecule has 0 bridgehead atoms. The van der Waals surface area contributed by atoms with Crippen molar-refractivity contribution in [1.82, 2.24) is 4.98 Å². The van der Waals surface area contributed by atoms with Crippen molar-refractivity contribution in [3.63, 3.8) is 0 Å². The third kappa shape index (κ3) is 5.78. The van der Waals surface area contributed by atoms with Gasteiger partial charge in [-0.25, -0.2) is 4.79 Å². The van der Waals surface area contributed by atoms with Gasteiger partial charge in [0.15, 0.2) is 0 Å². The van der Waals surface area contributed by atoms with E-state index in [2.05, 4.69) is 63.3 Å². The molecule has 4 atom stereocenters. The monoisotopic (exact) mass is 600 g/mol. The molecule has 228 valence electrons. The molecule has 0 unspecified atom stereocenters. The second kappa shape index (κ2) is 11.8. The Morgan fingerprint density at radius 3 is 2.60 bits per heavy atom. The fourth-order valence-corrected chi connectivity index (χ4v) is 8.84. The fourth-order valence-electron chi connectivity index (χ4n) is 8.65. The Kier molecular flexibility index (Phi) is 8.23. The summed E-state index contributed by atoms with van der Waals surface area (Å²) in [5.41, 5.74) is 6.15. The van der Waals surface area contributed by atoms with E-state index in [0.717, 1.165) is 49.2 Å². The summed E-state index contributed by atoms with van der Waals surface area (Å²) in [5.74, 6) is 2.17. The van der Waals surface area contributed by atoms with Crippen molar-refractivity contribution in [2.24, 2.45) is 17.8 Å². The van der Waals surface area contributed by atoms with Crippen LogP contribution in [0.25, 0.3) is 0 Å². The van der Waals surface area contributed by atoms with E-state index in [1.807, 2.05) is 24.3 Å². The Balaban J connectivity index is 1.19. The van der Waals surface area contributed by atoms with E-state index in [4.69, 9.17) is 21.3 Å². The highest BCUT2D eigenvalue weighted by Gasteiger charge is 2.54. The van der Waals surface area contributed by atoms with Gasteiger partial charge in [0.25, 0.3) is 0 Å². The lowest BCUT2D eigenvalue weighted by molar-refractivity contribution is -0.144. The molecule has 1 spiro atoms. The van der Waals surface area contributed by atoms with Crippen LogP contribution in [0.4, 0.5) is 5.69 Å². The number of halogens is 1. The molecule has 1 heterocycles. The number of aryl methyl sites for hydroxylation is 1. The maximum Gasteiger partial charge on any atom is 0.329 e. The Morgan fingerprint density at radius 1 is 1.09 bits per heavy atom. The van der Waals surface area contributed by atoms with Crippen LogP contribution in [-0.4, -0.2) is 28.2 Å². The number of anilines is 1. The number of fused-ring (bicyclic) bond motifs is 3. The van der Waals surface area contributed by atoms with Crippen molar-refractivity contribution in [3.8, 4) is 5.75 Å². The number of nitrogens with zero attached hydrogens (tertiary/aromatic N) is 1. The van der Waals surface area contributed by atoms with Crippen LogP contribution in [0.15, 0.2) is 54.6 Å². The van der Waals surface area contributed by atoms with Gasteiger partial charge >= 0.3 is 5.97 Å². The van der Waals surface area contributed by atoms with Crippen molar-refractivity contribution >= 4 is 23.3 Å². The number of pyridine rings is 1. The Bertz CT molecular complexity index is 1490. The maximum atomic E-state index is 12.7. The van der Waals surface area contributed by atoms with Gasteiger partial charge in [0.05, 0.1) is 6.61 Å². The van der Waals surface area contributed by atoms with Crippen LogP contribution in [-0.2, 0) is 23.1 Å². The van der Waals surface area contributed by atoms with Gasteiger partial charge in [-0.05, 0) is 117 Å². The zero-order chi connectivity index (χ0) is 30.4. The number of carboxylic acid groups (broad SMARTS) is 1. The average molecular weight is 601 g/mol. The lowest BCUT2D eigenvalue weighted by atomic mass is 9.59. The zero-order valence-electron chi connectivity index (χ0n) is 26.0. The summed E-state index contributed by atoms with van der Waals surface area (Å²) in [6.45, 7) is 9.69. The standard InChI is InChI=1S/C37H45ClN2O3/c1-23-16-25(3)34-32(18-23)39-26(4)19-33(34)43-22-24(2)17-28-20-27-8-5-6-11-31(27)36(28)12-14-37(15-13-36,35(41)42)40-30-10-7-9-29(38)21-30/h5-11,19,21,23-25,28,40H,12-18,20,22H2,1-4H3,(H,41,42)/t23-,24-,25+,28+,36?,37?/m1/s1. The molecule has 0 aliphatic heterocycles. The normalized spacial score (nSPS) is 28.6. The highest BCUT2D eigenvalue weighted by Crippen LogP contribution is 2.56. The van der Waals surface area contributed by atoms with Crippen LogP contribution in [0, 0.1) is 24.7 Å². The molecule has 0 saturated heterocycles. The molecule has 2 aromatic carbocycles. The van der Waals surface area contributed by atoms with Crippen LogP contribution < -0.4 is 10.1 Å². The largest absolute Gasteiger partial charge is 0.493 e. The minimum Gasteiger partial charge on any atom is -0.493 e. The lowest BCUT2D eigenvalue weighted by Crippen LogP contribution is -2.53. The summed E-state index contributed by atoms with van der Waals surface area (Å²) in [7, 11) is 0. The molecular weight excluding hydrogens is 556 g/mol. The zero-order valence-corrected chi connectivity index (χ0v) is 26.7. The molecule has 2 N–H and O–H groups in total. The molecule has 1 aromatic heterocycles. The molecule has 1 fully saturated rings. The van der Waals surface area contributed by atoms with Crippen LogP contribution in [0.5, 0.6) is 5.75 Å². The molecule has 3 aromatic rings. The fraction of sp³-hybridized carbons (Fsp3) is 0.514. The van der Waals surface area contributed by atoms with Crippen LogP contribution >= 0.6 is 11.6 Å². The number of aliphatic carboxylic acids is 1. The molecular formula is C37H45ClN2O3. The van der Waals surface area contributed by atoms with Crippen molar-refractivity contribution in [2.45, 2.75) is 95.9 Å². The van der Waals surface area contributed by atoms with Gasteiger partial charge in [0.2, 0.25) is 0 Å². The third-order valence-electron chi connectivity index (χ3n) is 10.6. The van der Waals surface area contributed by atoms with Gasteiger partial charge in [0.1, 0.15) is 11.3 Å². The minimum atomic E-state index is -1.00. The molecule has 0 amide bonds. The van der Waals surface area contributed by atoms with Crippen molar-refractivity contribution in [2.75, 3.05) is 11.9 Å². The van der Waals surface area contributed by atoms with Crippen molar-refractivity contribution in [1.29, 1.82) is 0 Å². The number of carboxylic acids is 1. The number of nitrogens with one attached hydrogen (secondary N) is 1. The van der Waals surface area contributed by atoms with Gasteiger partial charge in [-0.1, -0.05) is 62.7 Å². The Labute approximate surface area is 261 Å². The average Bonchev–Trinajstić information content (AvgIpc) is 3.24. The van der Waals surface area contributed by atoms with Gasteiger partial charge in [-0.3, -0.25) is 4.98 Å². The SMILES string of the molecule is Cc1cc(OC[C@H](C)C[C@H]2Cc3ccccc3C23CCC(Nc2cccc(Cl)c2)(C(=O)O)CC3)c2c(n1)C[C@H](C)C[C@@H]2C. The van der Waals surface area contributed by atoms with Gasteiger partial charge < -0.3 is 15.2 Å². The molecule has 1 saturated carbocycles. The topological polar surface area (TPSA) is 71.5 Å². The van der Waals surface area contributed by atoms with Crippen LogP contribution in [0.3, 0.4) is 0 Å². The summed E-state index contributed by atoms with van der Waals surface area (Å²) in [6, 6.07) is 18.4. The molecule has 3 aliphatic rings. The number of rotatable bonds is 8. The van der Waals surface area contributed by atoms with E-state index < -0.39 is 11.5 Å². The van der Waals surface area contributed by atoms with E-state index in [1.165, 1.54) is 28.8 Å². The van der Waals surface area contributed by atoms with Gasteiger partial charge in [0, 0.05) is 33.7 Å². The summed E-state index contributed by atoms with van der Waals surface area (Å²) < 4.78 is 6.62. The van der Waals surface area contributed by atoms with E-state index in [0.29, 0.717) is 48.1 Å². The third-order valence-corrected chi connectivity index (χ3v) is 10.9. The molecule has 5 nitrogen and oxygen atoms in total. The number of carbonyl (C=O) groups is 1. The summed E-state index contributed by atoms with van der Waals surface area (Å²) in [4.78, 5) is 17.6. The van der Waals surface area contributed by atoms with E-state index in [1.54, 1.807) is 0 Å². The number of benzene rings is 2. The summed E-state index contributed by atoms with van der Waals surface area (Å²) in [6.07, 6.45) is 7.13. The first-order valence-electron chi connectivity index (χ1n) is 16.1. The molecule has 6 rings (SSSR count). The quantitative estimate of drug-likeness (QED) is 0.270. The highest BCUT2D eigenvalue weighted by molar-refractivity contribution is 6.30. The first kappa shape index (κ1) is 30.0. The van der Waals surface area contributed by atoms with Crippen molar-refractivity contribution in [3.05, 3.63) is 87.7 Å². The van der Waals surface area contributed by atoms with E-state index in [-0.39, 0.29) is 5.41 Å². The van der Waals surface area contributed by atoms with Crippen LogP contribution in [0.2, 0.25) is 5.02 Å². The Morgan fingerprint density at radius 2 is 1.86 bits per heavy atom. The molecule has 3 aliphatic carbocycles. The van der Waals surface area contributed by atoms with E-state index in [9.17, 15) is 9.90 Å². The summed E-state index contributed by atoms with van der Waals surface area (Å²) >= 11 is 6.23. The summed E-state index contributed by atoms with van der Waals surface area (Å²) in [5, 5.41) is 14.4. The Hall–Kier alpha value is -3.05. The molecule has 0 radical (unpaired) electrons. The second-order valence-corrected chi connectivity index (χ2v) is 14.4. The maximum absolute atomic E-state index is 12.7. The first-order chi connectivity index (χ1) is 20.6. The molecule has 6 heteroatoms. The second-order valence-electron chi connectivity index (χ2n) is 14.0. The van der Waals surface area contributed by atoms with Gasteiger partial charge in [-0.2, -0.15) is 0 Å². The van der Waals surface area contributed by atoms with Gasteiger partial charge in [-0.15, -0.1) is 0 Å². The highest BCUT2D eigenvalue weighted by atomic mass is 35.5. The number of aromatic nitrogens is 1. The van der Waals surface area contributed by atoms with E-state index >= 15 is 0 Å². The smallest absolute Gasteiger partial charge is 0.329 e. The predicted molar refractivity (Wildman–Crippen MR) is 173 cm³/mol. The molecule has 43 heavy (non-hydrogen) atoms. The van der Waals surface area contributed by atoms with Crippen molar-refractivity contribution < 1.29 is 14.6 Å². The first-order valence-corrected chi connectivity index (χ1v) is 16.4. The minimum absolute atomic E-state index is 0.0170. The number of hydrogen-bond acceptors (Lipinski definition) is 4. The number of ether oxygens (including phenoxy) is 1. The lowest BCUT2D eigenvalue weighted by Gasteiger charge is -2.47. The van der Waals surface area contributed by atoms with Crippen LogP contribution in [0.1, 0.15) is 93.3 Å².